The molecule has 1 aromatic rings. The lowest BCUT2D eigenvalue weighted by molar-refractivity contribution is -0.124. The van der Waals surface area contributed by atoms with Gasteiger partial charge in [-0.3, -0.25) is 15.0 Å². The van der Waals surface area contributed by atoms with Crippen LogP contribution in [0.1, 0.15) is 31.1 Å². The Morgan fingerprint density at radius 1 is 1.00 bits per heavy atom. The molecule has 1 fully saturated rings. The summed E-state index contributed by atoms with van der Waals surface area (Å²) in [5, 5.41) is 1.37. The van der Waals surface area contributed by atoms with E-state index in [1.54, 1.807) is 49.9 Å². The van der Waals surface area contributed by atoms with Crippen molar-refractivity contribution in [2.45, 2.75) is 26.3 Å². The molecule has 2 rings (SSSR count). The Balaban J connectivity index is 2.15. The standard InChI is InChI=1S/C17H19N2O2/c1-17(2,3)19(16(21)14-11-5-4-6-12-14)18-15(20)13-9-7-8-10-13/h4-12H,1-3H3,(H,18,20). The monoisotopic (exact) mass is 283 g/mol. The van der Waals surface area contributed by atoms with E-state index in [0.717, 1.165) is 0 Å². The maximum absolute atomic E-state index is 12.6. The number of hydrogen-bond acceptors (Lipinski definition) is 2. The fraction of sp³-hybridized carbons (Fsp3) is 0.235. The van der Waals surface area contributed by atoms with Crippen LogP contribution in [0.15, 0.2) is 30.3 Å². The van der Waals surface area contributed by atoms with E-state index < -0.39 is 5.54 Å². The molecule has 4 nitrogen and oxygen atoms in total. The zero-order valence-corrected chi connectivity index (χ0v) is 12.5. The summed E-state index contributed by atoms with van der Waals surface area (Å²) in [6.07, 6.45) is 7.00. The van der Waals surface area contributed by atoms with Crippen molar-refractivity contribution >= 4 is 11.8 Å². The molecule has 1 saturated carbocycles. The third-order valence-electron chi connectivity index (χ3n) is 3.03. The molecule has 0 unspecified atom stereocenters. The van der Waals surface area contributed by atoms with E-state index in [9.17, 15) is 9.59 Å². The van der Waals surface area contributed by atoms with Gasteiger partial charge in [0.1, 0.15) is 0 Å². The third-order valence-corrected chi connectivity index (χ3v) is 3.03. The molecule has 109 valence electrons. The summed E-state index contributed by atoms with van der Waals surface area (Å²) in [5.41, 5.74) is 2.71. The Hall–Kier alpha value is -1.84. The maximum Gasteiger partial charge on any atom is 0.272 e. The van der Waals surface area contributed by atoms with Crippen LogP contribution in [0.3, 0.4) is 0 Å². The second-order valence-corrected chi connectivity index (χ2v) is 5.79. The van der Waals surface area contributed by atoms with Crippen LogP contribution in [-0.4, -0.2) is 22.4 Å². The first-order valence-corrected chi connectivity index (χ1v) is 6.82. The van der Waals surface area contributed by atoms with Crippen molar-refractivity contribution in [3.63, 3.8) is 0 Å². The Kier molecular flexibility index (Phi) is 4.66. The Morgan fingerprint density at radius 2 is 1.57 bits per heavy atom. The quantitative estimate of drug-likeness (QED) is 0.847. The molecular weight excluding hydrogens is 264 g/mol. The van der Waals surface area contributed by atoms with Crippen molar-refractivity contribution in [3.05, 3.63) is 67.5 Å². The molecule has 0 aromatic heterocycles. The topological polar surface area (TPSA) is 49.4 Å². The van der Waals surface area contributed by atoms with Gasteiger partial charge in [0.25, 0.3) is 5.91 Å². The van der Waals surface area contributed by atoms with E-state index in [1.165, 1.54) is 5.01 Å². The van der Waals surface area contributed by atoms with Crippen LogP contribution in [0.4, 0.5) is 0 Å². The summed E-state index contributed by atoms with van der Waals surface area (Å²) in [6.45, 7) is 5.62. The zero-order chi connectivity index (χ0) is 15.5. The number of amides is 2. The molecule has 0 heterocycles. The second-order valence-electron chi connectivity index (χ2n) is 5.79. The fourth-order valence-corrected chi connectivity index (χ4v) is 1.92. The smallest absolute Gasteiger partial charge is 0.272 e. The molecule has 0 saturated heterocycles. The zero-order valence-electron chi connectivity index (χ0n) is 12.5. The van der Waals surface area contributed by atoms with Crippen LogP contribution in [0.5, 0.6) is 0 Å². The highest BCUT2D eigenvalue weighted by Crippen LogP contribution is 2.24. The SMILES string of the molecule is CC(C)(C)N(NC(=O)[C]1[CH][CH][CH][CH]1)C(=O)c1ccccc1. The van der Waals surface area contributed by atoms with Crippen molar-refractivity contribution in [1.82, 2.24) is 10.4 Å². The van der Waals surface area contributed by atoms with Crippen molar-refractivity contribution < 1.29 is 9.59 Å². The van der Waals surface area contributed by atoms with Crippen LogP contribution >= 0.6 is 0 Å². The molecule has 5 radical (unpaired) electrons. The largest absolute Gasteiger partial charge is 0.273 e. The molecule has 21 heavy (non-hydrogen) atoms. The average molecular weight is 283 g/mol. The molecule has 0 spiro atoms. The molecule has 4 heteroatoms. The minimum Gasteiger partial charge on any atom is -0.273 e. The van der Waals surface area contributed by atoms with Gasteiger partial charge in [-0.05, 0) is 58.6 Å². The predicted molar refractivity (Wildman–Crippen MR) is 81.0 cm³/mol. The summed E-state index contributed by atoms with van der Waals surface area (Å²) >= 11 is 0. The van der Waals surface area contributed by atoms with Gasteiger partial charge in [-0.1, -0.05) is 18.2 Å². The lowest BCUT2D eigenvalue weighted by Crippen LogP contribution is -2.56. The Morgan fingerprint density at radius 3 is 2.10 bits per heavy atom. The summed E-state index contributed by atoms with van der Waals surface area (Å²) < 4.78 is 0. The first-order valence-electron chi connectivity index (χ1n) is 6.82. The lowest BCUT2D eigenvalue weighted by Gasteiger charge is -2.36. The molecule has 1 N–H and O–H groups in total. The van der Waals surface area contributed by atoms with E-state index in [2.05, 4.69) is 5.43 Å². The van der Waals surface area contributed by atoms with Gasteiger partial charge >= 0.3 is 0 Å². The Bertz CT molecular complexity index is 499. The fourth-order valence-electron chi connectivity index (χ4n) is 1.92. The number of benzene rings is 1. The number of rotatable bonds is 2. The van der Waals surface area contributed by atoms with E-state index in [4.69, 9.17) is 0 Å². The van der Waals surface area contributed by atoms with Gasteiger partial charge < -0.3 is 0 Å². The number of nitrogens with one attached hydrogen (secondary N) is 1. The van der Waals surface area contributed by atoms with Crippen molar-refractivity contribution in [3.8, 4) is 0 Å². The van der Waals surface area contributed by atoms with Crippen molar-refractivity contribution in [2.75, 3.05) is 0 Å². The van der Waals surface area contributed by atoms with Gasteiger partial charge in [0.05, 0.1) is 11.5 Å². The molecule has 1 aliphatic rings. The number of hydrogen-bond donors (Lipinski definition) is 1. The first kappa shape index (κ1) is 15.5. The third kappa shape index (κ3) is 3.84. The van der Waals surface area contributed by atoms with E-state index in [0.29, 0.717) is 11.5 Å². The molecule has 1 aromatic carbocycles. The van der Waals surface area contributed by atoms with Gasteiger partial charge in [-0.25, -0.2) is 5.01 Å². The summed E-state index contributed by atoms with van der Waals surface area (Å²) in [5.74, 6) is 0.00678. The second kappa shape index (κ2) is 6.29. The molecular formula is C17H19N2O2. The Labute approximate surface area is 126 Å². The van der Waals surface area contributed by atoms with Gasteiger partial charge in [-0.15, -0.1) is 0 Å². The number of nitrogens with zero attached hydrogens (tertiary/aromatic N) is 1. The van der Waals surface area contributed by atoms with Gasteiger partial charge in [0.2, 0.25) is 5.91 Å². The van der Waals surface area contributed by atoms with Gasteiger partial charge in [0.15, 0.2) is 0 Å². The number of carbonyl (C=O) groups is 2. The highest BCUT2D eigenvalue weighted by Gasteiger charge is 2.32. The summed E-state index contributed by atoms with van der Waals surface area (Å²) in [6, 6.07) is 8.91. The van der Waals surface area contributed by atoms with E-state index in [-0.39, 0.29) is 11.8 Å². The minimum atomic E-state index is -0.533. The molecule has 0 atom stereocenters. The van der Waals surface area contributed by atoms with Crippen molar-refractivity contribution in [1.29, 1.82) is 0 Å². The van der Waals surface area contributed by atoms with Gasteiger partial charge in [0, 0.05) is 5.56 Å². The average Bonchev–Trinajstić information content (AvgIpc) is 2.98. The van der Waals surface area contributed by atoms with Crippen LogP contribution < -0.4 is 5.43 Å². The lowest BCUT2D eigenvalue weighted by atomic mass is 10.1. The predicted octanol–water partition coefficient (Wildman–Crippen LogP) is 2.36. The van der Waals surface area contributed by atoms with Crippen LogP contribution in [0.25, 0.3) is 0 Å². The number of carbonyl (C=O) groups excluding carboxylic acids is 2. The van der Waals surface area contributed by atoms with Crippen LogP contribution in [-0.2, 0) is 4.79 Å². The first-order chi connectivity index (χ1) is 9.89. The van der Waals surface area contributed by atoms with E-state index in [1.807, 2.05) is 26.8 Å². The molecule has 1 aliphatic carbocycles. The van der Waals surface area contributed by atoms with E-state index >= 15 is 0 Å². The van der Waals surface area contributed by atoms with Crippen LogP contribution in [0, 0.1) is 31.6 Å². The molecule has 0 aliphatic heterocycles. The highest BCUT2D eigenvalue weighted by molar-refractivity contribution is 6.00. The minimum absolute atomic E-state index is 0.233. The maximum atomic E-state index is 12.6. The molecule has 2 amide bonds. The number of hydrazine groups is 1. The highest BCUT2D eigenvalue weighted by atomic mass is 16.2. The van der Waals surface area contributed by atoms with Crippen LogP contribution in [0.2, 0.25) is 0 Å². The normalized spacial score (nSPS) is 15.8. The molecule has 0 bridgehead atoms. The van der Waals surface area contributed by atoms with Crippen molar-refractivity contribution in [2.24, 2.45) is 0 Å². The van der Waals surface area contributed by atoms with Gasteiger partial charge in [-0.2, -0.15) is 0 Å². The summed E-state index contributed by atoms with van der Waals surface area (Å²) in [4.78, 5) is 24.8. The summed E-state index contributed by atoms with van der Waals surface area (Å²) in [7, 11) is 0.